The van der Waals surface area contributed by atoms with E-state index in [1.165, 1.54) is 19.4 Å². The number of nitrogens with zero attached hydrogens (tertiary/aromatic N) is 4. The Morgan fingerprint density at radius 1 is 1.06 bits per heavy atom. The molecule has 3 fully saturated rings. The Morgan fingerprint density at radius 2 is 1.86 bits per heavy atom. The standard InChI is InChI=1S/C25H32N6O3S/c1-13-20(24-29-17-4-2-3-5-19(17)35-24)23(28-18-8-15(12-32)21(33)22(18)34)30-25(26-13)27-16-10-31(11-16)9-14-6-7-14/h2-5,14-16,18,21-22,32-34H,6-12H2,1H3,(H2,26,27,28,30)/t15-,18?,21-,22+/m1/s1. The number of aliphatic hydroxyl groups excluding tert-OH is 3. The van der Waals surface area contributed by atoms with E-state index >= 15 is 0 Å². The fourth-order valence-corrected chi connectivity index (χ4v) is 6.32. The van der Waals surface area contributed by atoms with Gasteiger partial charge in [-0.15, -0.1) is 11.3 Å². The van der Waals surface area contributed by atoms with Crippen LogP contribution in [0.2, 0.25) is 0 Å². The minimum absolute atomic E-state index is 0.171. The van der Waals surface area contributed by atoms with E-state index in [2.05, 4.69) is 15.5 Å². The molecular weight excluding hydrogens is 464 g/mol. The molecule has 4 atom stereocenters. The molecule has 186 valence electrons. The average Bonchev–Trinajstić information content (AvgIpc) is 3.47. The maximum absolute atomic E-state index is 10.6. The van der Waals surface area contributed by atoms with Crippen LogP contribution >= 0.6 is 11.3 Å². The molecule has 0 radical (unpaired) electrons. The smallest absolute Gasteiger partial charge is 0.225 e. The van der Waals surface area contributed by atoms with Crippen molar-refractivity contribution in [3.8, 4) is 10.6 Å². The number of hydrogen-bond acceptors (Lipinski definition) is 10. The monoisotopic (exact) mass is 496 g/mol. The van der Waals surface area contributed by atoms with Crippen molar-refractivity contribution < 1.29 is 15.3 Å². The van der Waals surface area contributed by atoms with Gasteiger partial charge in [0.25, 0.3) is 0 Å². The van der Waals surface area contributed by atoms with E-state index in [9.17, 15) is 15.3 Å². The number of hydrogen-bond donors (Lipinski definition) is 5. The summed E-state index contributed by atoms with van der Waals surface area (Å²) in [5.74, 6) is 1.65. The molecule has 35 heavy (non-hydrogen) atoms. The molecule has 3 aliphatic rings. The molecule has 2 saturated carbocycles. The van der Waals surface area contributed by atoms with E-state index in [1.807, 2.05) is 31.2 Å². The highest BCUT2D eigenvalue weighted by Crippen LogP contribution is 2.38. The summed E-state index contributed by atoms with van der Waals surface area (Å²) in [5.41, 5.74) is 2.52. The molecule has 0 bridgehead atoms. The highest BCUT2D eigenvalue weighted by molar-refractivity contribution is 7.21. The van der Waals surface area contributed by atoms with Gasteiger partial charge in [-0.3, -0.25) is 4.90 Å². The van der Waals surface area contributed by atoms with Crippen molar-refractivity contribution in [1.29, 1.82) is 0 Å². The van der Waals surface area contributed by atoms with E-state index < -0.39 is 18.2 Å². The van der Waals surface area contributed by atoms with E-state index in [-0.39, 0.29) is 12.5 Å². The zero-order chi connectivity index (χ0) is 24.1. The van der Waals surface area contributed by atoms with Gasteiger partial charge in [-0.2, -0.15) is 4.98 Å². The van der Waals surface area contributed by atoms with E-state index in [1.54, 1.807) is 11.3 Å². The molecule has 6 rings (SSSR count). The largest absolute Gasteiger partial charge is 0.396 e. The number of thiazole rings is 1. The van der Waals surface area contributed by atoms with Crippen molar-refractivity contribution in [2.75, 3.05) is 36.9 Å². The quantitative estimate of drug-likeness (QED) is 0.319. The third-order valence-electron chi connectivity index (χ3n) is 7.46. The normalized spacial score (nSPS) is 27.3. The van der Waals surface area contributed by atoms with Gasteiger partial charge in [0.05, 0.1) is 39.7 Å². The molecule has 1 aromatic carbocycles. The summed E-state index contributed by atoms with van der Waals surface area (Å²) in [6, 6.07) is 7.88. The Balaban J connectivity index is 1.29. The van der Waals surface area contributed by atoms with Crippen LogP contribution in [-0.2, 0) is 0 Å². The van der Waals surface area contributed by atoms with Gasteiger partial charge in [0.1, 0.15) is 16.9 Å². The number of anilines is 2. The number of benzene rings is 1. The summed E-state index contributed by atoms with van der Waals surface area (Å²) in [6.07, 6.45) is 1.19. The third-order valence-corrected chi connectivity index (χ3v) is 8.51. The third kappa shape index (κ3) is 4.61. The second kappa shape index (κ2) is 9.25. The minimum Gasteiger partial charge on any atom is -0.396 e. The molecule has 3 aromatic rings. The van der Waals surface area contributed by atoms with Crippen LogP contribution in [0.4, 0.5) is 11.8 Å². The lowest BCUT2D eigenvalue weighted by molar-refractivity contribution is 0.00446. The fourth-order valence-electron chi connectivity index (χ4n) is 5.26. The Morgan fingerprint density at radius 3 is 2.57 bits per heavy atom. The van der Waals surface area contributed by atoms with Gasteiger partial charge in [-0.1, -0.05) is 12.1 Å². The SMILES string of the molecule is Cc1nc(NC2CN(CC3CC3)C2)nc(NC2C[C@H](CO)[C@@H](O)[C@H]2O)c1-c1nc2ccccc2s1. The van der Waals surface area contributed by atoms with Gasteiger partial charge in [0, 0.05) is 32.2 Å². The maximum Gasteiger partial charge on any atom is 0.225 e. The first-order valence-electron chi connectivity index (χ1n) is 12.5. The van der Waals surface area contributed by atoms with Gasteiger partial charge in [0.15, 0.2) is 0 Å². The van der Waals surface area contributed by atoms with Crippen molar-refractivity contribution in [1.82, 2.24) is 19.9 Å². The molecule has 2 aliphatic carbocycles. The Bertz CT molecular complexity index is 1180. The number of likely N-dealkylation sites (tertiary alicyclic amines) is 1. The van der Waals surface area contributed by atoms with Crippen LogP contribution in [0.15, 0.2) is 24.3 Å². The highest BCUT2D eigenvalue weighted by atomic mass is 32.1. The Kier molecular flexibility index (Phi) is 6.10. The molecule has 2 aromatic heterocycles. The molecule has 0 amide bonds. The average molecular weight is 497 g/mol. The van der Waals surface area contributed by atoms with Gasteiger partial charge in [0.2, 0.25) is 5.95 Å². The second-order valence-corrected chi connectivity index (χ2v) is 11.3. The van der Waals surface area contributed by atoms with Gasteiger partial charge >= 0.3 is 0 Å². The van der Waals surface area contributed by atoms with Crippen molar-refractivity contribution in [2.45, 2.75) is 50.5 Å². The topological polar surface area (TPSA) is 127 Å². The van der Waals surface area contributed by atoms with Gasteiger partial charge < -0.3 is 26.0 Å². The van der Waals surface area contributed by atoms with Crippen molar-refractivity contribution in [3.05, 3.63) is 30.0 Å². The van der Waals surface area contributed by atoms with Crippen molar-refractivity contribution in [3.63, 3.8) is 0 Å². The first-order valence-corrected chi connectivity index (χ1v) is 13.3. The first-order chi connectivity index (χ1) is 17.0. The van der Waals surface area contributed by atoms with E-state index in [4.69, 9.17) is 15.0 Å². The lowest BCUT2D eigenvalue weighted by atomic mass is 10.1. The molecule has 3 heterocycles. The molecule has 0 spiro atoms. The summed E-state index contributed by atoms with van der Waals surface area (Å²) < 4.78 is 1.08. The Labute approximate surface area is 208 Å². The number of aliphatic hydroxyl groups is 3. The number of para-hydroxylation sites is 1. The summed E-state index contributed by atoms with van der Waals surface area (Å²) in [5, 5.41) is 38.2. The van der Waals surface area contributed by atoms with Crippen LogP contribution in [0.25, 0.3) is 20.8 Å². The molecular formula is C25H32N6O3S. The molecule has 1 unspecified atom stereocenters. The van der Waals surface area contributed by atoms with Crippen LogP contribution in [0.3, 0.4) is 0 Å². The predicted molar refractivity (Wildman–Crippen MR) is 137 cm³/mol. The number of rotatable bonds is 8. The first kappa shape index (κ1) is 23.1. The maximum atomic E-state index is 10.6. The number of fused-ring (bicyclic) bond motifs is 1. The molecule has 5 N–H and O–H groups in total. The highest BCUT2D eigenvalue weighted by Gasteiger charge is 2.42. The van der Waals surface area contributed by atoms with Crippen molar-refractivity contribution >= 4 is 33.3 Å². The number of nitrogens with one attached hydrogen (secondary N) is 2. The summed E-state index contributed by atoms with van der Waals surface area (Å²) >= 11 is 1.58. The Hall–Kier alpha value is -2.37. The van der Waals surface area contributed by atoms with Gasteiger partial charge in [-0.25, -0.2) is 9.97 Å². The molecule has 1 saturated heterocycles. The predicted octanol–water partition coefficient (Wildman–Crippen LogP) is 2.08. The minimum atomic E-state index is -0.996. The number of aryl methyl sites for hydroxylation is 1. The fraction of sp³-hybridized carbons (Fsp3) is 0.560. The van der Waals surface area contributed by atoms with Gasteiger partial charge in [-0.05, 0) is 44.2 Å². The van der Waals surface area contributed by atoms with E-state index in [0.29, 0.717) is 24.2 Å². The lowest BCUT2D eigenvalue weighted by Crippen LogP contribution is -2.55. The van der Waals surface area contributed by atoms with Crippen LogP contribution in [0.5, 0.6) is 0 Å². The number of aromatic nitrogens is 3. The molecule has 10 heteroatoms. The second-order valence-electron chi connectivity index (χ2n) is 10.3. The van der Waals surface area contributed by atoms with Crippen LogP contribution in [0.1, 0.15) is 25.0 Å². The molecule has 1 aliphatic heterocycles. The zero-order valence-electron chi connectivity index (χ0n) is 19.8. The summed E-state index contributed by atoms with van der Waals surface area (Å²) in [6.45, 7) is 4.96. The summed E-state index contributed by atoms with van der Waals surface area (Å²) in [4.78, 5) is 16.9. The van der Waals surface area contributed by atoms with E-state index in [0.717, 1.165) is 45.5 Å². The van der Waals surface area contributed by atoms with Crippen LogP contribution < -0.4 is 10.6 Å². The zero-order valence-corrected chi connectivity index (χ0v) is 20.6. The lowest BCUT2D eigenvalue weighted by Gasteiger charge is -2.39. The van der Waals surface area contributed by atoms with Crippen molar-refractivity contribution in [2.24, 2.45) is 11.8 Å². The van der Waals surface area contributed by atoms with Crippen LogP contribution in [0, 0.1) is 18.8 Å². The van der Waals surface area contributed by atoms with Crippen LogP contribution in [-0.4, -0.2) is 85.7 Å². The molecule has 9 nitrogen and oxygen atoms in total. The summed E-state index contributed by atoms with van der Waals surface area (Å²) in [7, 11) is 0.